The number of fused-ring (bicyclic) bond motifs is 1. The van der Waals surface area contributed by atoms with Crippen LogP contribution in [0.15, 0.2) is 54.1 Å². The molecule has 1 aliphatic rings. The van der Waals surface area contributed by atoms with E-state index in [1.807, 2.05) is 0 Å². The quantitative estimate of drug-likeness (QED) is 0.187. The number of halogens is 3. The number of hydrogen-bond donors (Lipinski definition) is 2. The number of ketones is 1. The zero-order valence-electron chi connectivity index (χ0n) is 19.7. The first-order chi connectivity index (χ1) is 18.1. The van der Waals surface area contributed by atoms with Gasteiger partial charge in [0, 0.05) is 12.1 Å². The van der Waals surface area contributed by atoms with E-state index in [0.29, 0.717) is 5.56 Å². The highest BCUT2D eigenvalue weighted by Crippen LogP contribution is 2.46. The summed E-state index contributed by atoms with van der Waals surface area (Å²) >= 11 is 7.05. The second-order valence-electron chi connectivity index (χ2n) is 8.18. The molecule has 0 radical (unpaired) electrons. The molecule has 0 bridgehead atoms. The Balaban J connectivity index is 1.76. The first-order valence-electron chi connectivity index (χ1n) is 10.9. The molecule has 1 aromatic heterocycles. The third kappa shape index (κ3) is 4.09. The van der Waals surface area contributed by atoms with E-state index in [1.165, 1.54) is 50.6 Å². The number of ether oxygens (including phenoxy) is 2. The fraction of sp³-hybridized carbons (Fsp3) is 0.115. The highest BCUT2D eigenvalue weighted by atomic mass is 35.5. The number of aromatic nitrogens is 1. The highest BCUT2D eigenvalue weighted by molar-refractivity contribution is 7.22. The molecule has 1 amide bonds. The van der Waals surface area contributed by atoms with E-state index < -0.39 is 35.1 Å². The van der Waals surface area contributed by atoms with Gasteiger partial charge in [0.2, 0.25) is 0 Å². The zero-order chi connectivity index (χ0) is 27.3. The van der Waals surface area contributed by atoms with Gasteiger partial charge in [0.1, 0.15) is 23.0 Å². The number of rotatable bonds is 5. The molecule has 5 rings (SSSR count). The van der Waals surface area contributed by atoms with Crippen LogP contribution in [0.25, 0.3) is 16.0 Å². The molecule has 0 saturated carbocycles. The van der Waals surface area contributed by atoms with Crippen molar-refractivity contribution in [2.75, 3.05) is 19.1 Å². The third-order valence-electron chi connectivity index (χ3n) is 6.01. The Morgan fingerprint density at radius 1 is 1.03 bits per heavy atom. The van der Waals surface area contributed by atoms with Crippen LogP contribution in [0.4, 0.5) is 13.9 Å². The Bertz CT molecular complexity index is 1610. The molecule has 1 saturated heterocycles. The molecule has 194 valence electrons. The number of Topliss-reactive ketones (excluding diaryl/α,β-unsaturated/α-hetero) is 1. The minimum absolute atomic E-state index is 0.0233. The predicted molar refractivity (Wildman–Crippen MR) is 137 cm³/mol. The van der Waals surface area contributed by atoms with Crippen LogP contribution in [0.2, 0.25) is 5.02 Å². The van der Waals surface area contributed by atoms with Crippen LogP contribution in [0, 0.1) is 11.6 Å². The number of aliphatic hydroxyl groups excluding tert-OH is 1. The number of amides is 1. The molecular formula is C26H17ClF2N2O6S. The van der Waals surface area contributed by atoms with E-state index in [-0.39, 0.29) is 48.8 Å². The monoisotopic (exact) mass is 558 g/mol. The summed E-state index contributed by atoms with van der Waals surface area (Å²) in [4.78, 5) is 32.1. The molecule has 3 aromatic carbocycles. The van der Waals surface area contributed by atoms with Crippen molar-refractivity contribution in [1.82, 2.24) is 4.98 Å². The number of carbonyl (C=O) groups excluding carboxylic acids is 2. The van der Waals surface area contributed by atoms with E-state index in [2.05, 4.69) is 4.98 Å². The molecule has 0 aliphatic carbocycles. The van der Waals surface area contributed by atoms with Gasteiger partial charge in [-0.05, 0) is 29.8 Å². The molecule has 1 fully saturated rings. The molecule has 2 heterocycles. The van der Waals surface area contributed by atoms with Crippen LogP contribution in [0.3, 0.4) is 0 Å². The molecular weight excluding hydrogens is 542 g/mol. The van der Waals surface area contributed by atoms with Crippen LogP contribution in [0.5, 0.6) is 17.2 Å². The van der Waals surface area contributed by atoms with Gasteiger partial charge >= 0.3 is 5.91 Å². The molecule has 4 aromatic rings. The molecule has 38 heavy (non-hydrogen) atoms. The maximum atomic E-state index is 13.8. The molecule has 12 heteroatoms. The number of nitrogens with zero attached hydrogens (tertiary/aromatic N) is 2. The van der Waals surface area contributed by atoms with Crippen LogP contribution in [0.1, 0.15) is 17.2 Å². The van der Waals surface area contributed by atoms with Gasteiger partial charge < -0.3 is 19.7 Å². The highest BCUT2D eigenvalue weighted by Gasteiger charge is 2.48. The molecule has 0 spiro atoms. The summed E-state index contributed by atoms with van der Waals surface area (Å²) in [5.41, 5.74) is 0.156. The Morgan fingerprint density at radius 3 is 2.34 bits per heavy atom. The topological polar surface area (TPSA) is 109 Å². The van der Waals surface area contributed by atoms with Gasteiger partial charge in [-0.1, -0.05) is 35.1 Å². The first-order valence-corrected chi connectivity index (χ1v) is 12.1. The average molecular weight is 559 g/mol. The summed E-state index contributed by atoms with van der Waals surface area (Å²) in [6.45, 7) is 0. The van der Waals surface area contributed by atoms with Gasteiger partial charge in [-0.3, -0.25) is 14.5 Å². The molecule has 8 nitrogen and oxygen atoms in total. The molecule has 2 N–H and O–H groups in total. The lowest BCUT2D eigenvalue weighted by Crippen LogP contribution is -2.29. The lowest BCUT2D eigenvalue weighted by molar-refractivity contribution is -0.132. The second kappa shape index (κ2) is 9.58. The van der Waals surface area contributed by atoms with E-state index in [9.17, 15) is 28.6 Å². The SMILES string of the molecule is COc1cc(/C(O)=C2\C(=O)C(=O)N(c3nc4cc(F)c(F)cc4s3)C2c2ccc(O)cc2)c(OC)cc1Cl. The predicted octanol–water partition coefficient (Wildman–Crippen LogP) is 5.58. The Hall–Kier alpha value is -4.22. The summed E-state index contributed by atoms with van der Waals surface area (Å²) in [6, 6.07) is 9.02. The van der Waals surface area contributed by atoms with Crippen molar-refractivity contribution in [2.24, 2.45) is 0 Å². The van der Waals surface area contributed by atoms with Gasteiger partial charge in [-0.2, -0.15) is 0 Å². The van der Waals surface area contributed by atoms with E-state index >= 15 is 0 Å². The van der Waals surface area contributed by atoms with Crippen molar-refractivity contribution in [2.45, 2.75) is 6.04 Å². The van der Waals surface area contributed by atoms with Crippen molar-refractivity contribution in [1.29, 1.82) is 0 Å². The van der Waals surface area contributed by atoms with Crippen LogP contribution < -0.4 is 14.4 Å². The van der Waals surface area contributed by atoms with E-state index in [1.54, 1.807) is 0 Å². The first kappa shape index (κ1) is 25.4. The normalized spacial score (nSPS) is 16.9. The Labute approximate surface area is 222 Å². The summed E-state index contributed by atoms with van der Waals surface area (Å²) < 4.78 is 38.5. The average Bonchev–Trinajstić information content (AvgIpc) is 3.41. The third-order valence-corrected chi connectivity index (χ3v) is 7.32. The van der Waals surface area contributed by atoms with Gasteiger partial charge in [0.25, 0.3) is 5.78 Å². The summed E-state index contributed by atoms with van der Waals surface area (Å²) in [7, 11) is 2.70. The number of anilines is 1. The number of carbonyl (C=O) groups is 2. The smallest absolute Gasteiger partial charge is 0.301 e. The van der Waals surface area contributed by atoms with Crippen LogP contribution in [-0.2, 0) is 9.59 Å². The number of thiazole rings is 1. The minimum Gasteiger partial charge on any atom is -0.508 e. The summed E-state index contributed by atoms with van der Waals surface area (Å²) in [5.74, 6) is -4.62. The van der Waals surface area contributed by atoms with Gasteiger partial charge in [-0.15, -0.1) is 0 Å². The fourth-order valence-electron chi connectivity index (χ4n) is 4.21. The van der Waals surface area contributed by atoms with Crippen LogP contribution >= 0.6 is 22.9 Å². The largest absolute Gasteiger partial charge is 0.508 e. The number of phenolic OH excluding ortho intramolecular Hbond substituents is 1. The number of methoxy groups -OCH3 is 2. The minimum atomic E-state index is -1.21. The number of hydrogen-bond acceptors (Lipinski definition) is 8. The van der Waals surface area contributed by atoms with Crippen molar-refractivity contribution in [3.8, 4) is 17.2 Å². The zero-order valence-corrected chi connectivity index (χ0v) is 21.2. The number of aliphatic hydroxyl groups is 1. The lowest BCUT2D eigenvalue weighted by atomic mass is 9.95. The van der Waals surface area contributed by atoms with Crippen molar-refractivity contribution < 1.29 is 38.1 Å². The van der Waals surface area contributed by atoms with E-state index in [4.69, 9.17) is 21.1 Å². The Kier molecular flexibility index (Phi) is 6.41. The van der Waals surface area contributed by atoms with Crippen molar-refractivity contribution in [3.63, 3.8) is 0 Å². The molecule has 1 unspecified atom stereocenters. The van der Waals surface area contributed by atoms with Crippen molar-refractivity contribution >= 4 is 55.7 Å². The van der Waals surface area contributed by atoms with Gasteiger partial charge in [0.05, 0.1) is 46.6 Å². The number of benzene rings is 3. The number of phenols is 1. The van der Waals surface area contributed by atoms with Crippen LogP contribution in [-0.4, -0.2) is 41.1 Å². The molecule has 1 atom stereocenters. The lowest BCUT2D eigenvalue weighted by Gasteiger charge is -2.23. The van der Waals surface area contributed by atoms with E-state index in [0.717, 1.165) is 28.4 Å². The molecule has 1 aliphatic heterocycles. The fourth-order valence-corrected chi connectivity index (χ4v) is 5.44. The maximum Gasteiger partial charge on any atom is 0.301 e. The Morgan fingerprint density at radius 2 is 1.68 bits per heavy atom. The summed E-state index contributed by atoms with van der Waals surface area (Å²) in [5, 5.41) is 21.4. The van der Waals surface area contributed by atoms with Gasteiger partial charge in [0.15, 0.2) is 16.8 Å². The van der Waals surface area contributed by atoms with Gasteiger partial charge in [-0.25, -0.2) is 13.8 Å². The standard InChI is InChI=1S/C26H17ClF2N2O6S/c1-36-18-8-14(27)19(37-2)7-13(18)23(33)21-22(11-3-5-12(32)6-4-11)31(25(35)24(21)34)26-30-17-9-15(28)16(29)10-20(17)38-26/h3-10,22,32-33H,1-2H3/b23-21+. The van der Waals surface area contributed by atoms with Crippen molar-refractivity contribution in [3.05, 3.63) is 81.9 Å². The summed E-state index contributed by atoms with van der Waals surface area (Å²) in [6.07, 6.45) is 0. The maximum absolute atomic E-state index is 13.8. The number of aromatic hydroxyl groups is 1. The second-order valence-corrected chi connectivity index (χ2v) is 9.59.